The number of nitrogens with zero attached hydrogens (tertiary/aromatic N) is 7. The van der Waals surface area contributed by atoms with Gasteiger partial charge in [-0.05, 0) is 56.5 Å². The van der Waals surface area contributed by atoms with Gasteiger partial charge in [0.25, 0.3) is 15.9 Å². The standard InChI is InChI=1S/C26H32N8O3S/c1-19-10-14-34(26(19,2)3)23-20(7-5-11-27-23)24(35)31-38(36,37)22-9-4-8-21(30-22)32-15-17-33(18-16-32)25-28-12-6-13-29-25/h4-9,11-13,19H,10,14-18H2,1-3H3,(H,31,35). The molecule has 3 aromatic heterocycles. The van der Waals surface area contributed by atoms with Crippen molar-refractivity contribution in [3.63, 3.8) is 0 Å². The summed E-state index contributed by atoms with van der Waals surface area (Å²) < 4.78 is 28.7. The summed E-state index contributed by atoms with van der Waals surface area (Å²) >= 11 is 0. The average Bonchev–Trinajstić information content (AvgIpc) is 3.20. The van der Waals surface area contributed by atoms with Crippen LogP contribution in [0.2, 0.25) is 0 Å². The Morgan fingerprint density at radius 2 is 1.61 bits per heavy atom. The Labute approximate surface area is 223 Å². The highest BCUT2D eigenvalue weighted by atomic mass is 32.2. The summed E-state index contributed by atoms with van der Waals surface area (Å²) in [5.74, 6) is 1.35. The van der Waals surface area contributed by atoms with Crippen molar-refractivity contribution in [1.29, 1.82) is 0 Å². The number of carbonyl (C=O) groups excluding carboxylic acids is 1. The van der Waals surface area contributed by atoms with E-state index in [1.807, 2.05) is 4.90 Å². The van der Waals surface area contributed by atoms with Crippen LogP contribution in [-0.2, 0) is 10.0 Å². The van der Waals surface area contributed by atoms with Crippen LogP contribution < -0.4 is 19.4 Å². The first-order chi connectivity index (χ1) is 18.2. The fourth-order valence-electron chi connectivity index (χ4n) is 4.95. The van der Waals surface area contributed by atoms with E-state index >= 15 is 0 Å². The second-order valence-corrected chi connectivity index (χ2v) is 11.8. The second-order valence-electron chi connectivity index (χ2n) is 10.2. The van der Waals surface area contributed by atoms with E-state index in [4.69, 9.17) is 0 Å². The fourth-order valence-corrected chi connectivity index (χ4v) is 5.88. The molecule has 2 fully saturated rings. The second kappa shape index (κ2) is 10.2. The van der Waals surface area contributed by atoms with E-state index in [1.54, 1.807) is 48.9 Å². The summed E-state index contributed by atoms with van der Waals surface area (Å²) in [6.45, 7) is 9.74. The molecule has 38 heavy (non-hydrogen) atoms. The van der Waals surface area contributed by atoms with Crippen molar-refractivity contribution >= 4 is 33.5 Å². The molecule has 5 heterocycles. The minimum atomic E-state index is -4.22. The van der Waals surface area contributed by atoms with E-state index in [0.717, 1.165) is 13.0 Å². The first-order valence-electron chi connectivity index (χ1n) is 12.7. The van der Waals surface area contributed by atoms with E-state index in [1.165, 1.54) is 6.07 Å². The molecule has 2 aliphatic heterocycles. The normalized spacial score (nSPS) is 19.4. The van der Waals surface area contributed by atoms with Gasteiger partial charge in [0.1, 0.15) is 11.6 Å². The Morgan fingerprint density at radius 3 is 2.29 bits per heavy atom. The monoisotopic (exact) mass is 536 g/mol. The minimum Gasteiger partial charge on any atom is -0.353 e. The van der Waals surface area contributed by atoms with E-state index in [0.29, 0.717) is 49.7 Å². The van der Waals surface area contributed by atoms with Gasteiger partial charge in [-0.25, -0.2) is 24.7 Å². The molecule has 11 nitrogen and oxygen atoms in total. The van der Waals surface area contributed by atoms with E-state index < -0.39 is 15.9 Å². The molecule has 200 valence electrons. The summed E-state index contributed by atoms with van der Waals surface area (Å²) in [6, 6.07) is 9.81. The van der Waals surface area contributed by atoms with Gasteiger partial charge in [0, 0.05) is 56.9 Å². The minimum absolute atomic E-state index is 0.210. The first-order valence-corrected chi connectivity index (χ1v) is 14.2. The van der Waals surface area contributed by atoms with Gasteiger partial charge >= 0.3 is 0 Å². The lowest BCUT2D eigenvalue weighted by Gasteiger charge is -2.36. The summed E-state index contributed by atoms with van der Waals surface area (Å²) in [5, 5.41) is -0.210. The number of carbonyl (C=O) groups is 1. The van der Waals surface area contributed by atoms with Crippen molar-refractivity contribution in [1.82, 2.24) is 24.7 Å². The van der Waals surface area contributed by atoms with Gasteiger partial charge in [-0.1, -0.05) is 13.0 Å². The highest BCUT2D eigenvalue weighted by molar-refractivity contribution is 7.90. The number of sulfonamides is 1. The van der Waals surface area contributed by atoms with Gasteiger partial charge in [0.05, 0.1) is 5.56 Å². The van der Waals surface area contributed by atoms with Crippen LogP contribution in [0.4, 0.5) is 17.6 Å². The van der Waals surface area contributed by atoms with Gasteiger partial charge in [0.2, 0.25) is 5.95 Å². The third-order valence-electron chi connectivity index (χ3n) is 7.62. The van der Waals surface area contributed by atoms with Crippen molar-refractivity contribution in [3.05, 3.63) is 60.6 Å². The quantitative estimate of drug-likeness (QED) is 0.502. The first kappa shape index (κ1) is 25.8. The third kappa shape index (κ3) is 5.00. The Kier molecular flexibility index (Phi) is 6.91. The summed E-state index contributed by atoms with van der Waals surface area (Å²) in [5.41, 5.74) is 0.00286. The zero-order chi connectivity index (χ0) is 26.9. The predicted octanol–water partition coefficient (Wildman–Crippen LogP) is 2.34. The molecule has 2 saturated heterocycles. The van der Waals surface area contributed by atoms with Crippen LogP contribution in [0.5, 0.6) is 0 Å². The van der Waals surface area contributed by atoms with Crippen molar-refractivity contribution < 1.29 is 13.2 Å². The van der Waals surface area contributed by atoms with Crippen LogP contribution in [0.15, 0.2) is 60.0 Å². The molecule has 1 unspecified atom stereocenters. The number of anilines is 3. The number of aromatic nitrogens is 4. The Bertz CT molecular complexity index is 1410. The Morgan fingerprint density at radius 1 is 0.921 bits per heavy atom. The number of piperazine rings is 1. The number of pyridine rings is 2. The zero-order valence-electron chi connectivity index (χ0n) is 21.8. The van der Waals surface area contributed by atoms with E-state index in [2.05, 4.69) is 55.2 Å². The number of hydrogen-bond donors (Lipinski definition) is 1. The lowest BCUT2D eigenvalue weighted by atomic mass is 9.90. The summed E-state index contributed by atoms with van der Waals surface area (Å²) in [7, 11) is -4.22. The lowest BCUT2D eigenvalue weighted by Crippen LogP contribution is -2.47. The summed E-state index contributed by atoms with van der Waals surface area (Å²) in [4.78, 5) is 36.9. The molecule has 2 aliphatic rings. The molecule has 3 aromatic rings. The van der Waals surface area contributed by atoms with Crippen LogP contribution >= 0.6 is 0 Å². The molecule has 0 aromatic carbocycles. The smallest absolute Gasteiger partial charge is 0.281 e. The SMILES string of the molecule is CC1CCN(c2ncccc2C(=O)NS(=O)(=O)c2cccc(N3CCN(c4ncccn4)CC3)n2)C1(C)C. The van der Waals surface area contributed by atoms with Crippen molar-refractivity contribution in [2.75, 3.05) is 47.4 Å². The van der Waals surface area contributed by atoms with E-state index in [-0.39, 0.29) is 16.1 Å². The molecule has 12 heteroatoms. The molecule has 5 rings (SSSR count). The van der Waals surface area contributed by atoms with Crippen LogP contribution in [0, 0.1) is 5.92 Å². The van der Waals surface area contributed by atoms with Gasteiger partial charge in [0.15, 0.2) is 5.03 Å². The topological polar surface area (TPSA) is 125 Å². The Balaban J connectivity index is 1.31. The molecule has 0 spiro atoms. The van der Waals surface area contributed by atoms with Crippen LogP contribution in [0.3, 0.4) is 0 Å². The summed E-state index contributed by atoms with van der Waals surface area (Å²) in [6.07, 6.45) is 6.00. The molecule has 0 saturated carbocycles. The number of rotatable bonds is 6. The Hall–Kier alpha value is -3.80. The molecule has 0 aliphatic carbocycles. The van der Waals surface area contributed by atoms with Crippen molar-refractivity contribution in [2.24, 2.45) is 5.92 Å². The van der Waals surface area contributed by atoms with Crippen LogP contribution in [-0.4, -0.2) is 72.5 Å². The highest BCUT2D eigenvalue weighted by Crippen LogP contribution is 2.38. The van der Waals surface area contributed by atoms with Gasteiger partial charge < -0.3 is 14.7 Å². The molecule has 1 amide bonds. The van der Waals surface area contributed by atoms with Crippen LogP contribution in [0.1, 0.15) is 37.6 Å². The average molecular weight is 537 g/mol. The van der Waals surface area contributed by atoms with Crippen LogP contribution in [0.25, 0.3) is 0 Å². The molecular weight excluding hydrogens is 504 g/mol. The highest BCUT2D eigenvalue weighted by Gasteiger charge is 2.40. The van der Waals surface area contributed by atoms with Gasteiger partial charge in [-0.15, -0.1) is 0 Å². The van der Waals surface area contributed by atoms with Crippen molar-refractivity contribution in [3.8, 4) is 0 Å². The maximum Gasteiger partial charge on any atom is 0.281 e. The van der Waals surface area contributed by atoms with Crippen molar-refractivity contribution in [2.45, 2.75) is 37.8 Å². The fraction of sp³-hybridized carbons (Fsp3) is 0.423. The van der Waals surface area contributed by atoms with E-state index in [9.17, 15) is 13.2 Å². The third-order valence-corrected chi connectivity index (χ3v) is 8.86. The molecule has 0 bridgehead atoms. The number of nitrogens with one attached hydrogen (secondary N) is 1. The van der Waals surface area contributed by atoms with Gasteiger partial charge in [-0.3, -0.25) is 4.79 Å². The zero-order valence-corrected chi connectivity index (χ0v) is 22.6. The van der Waals surface area contributed by atoms with Gasteiger partial charge in [-0.2, -0.15) is 8.42 Å². The molecule has 0 radical (unpaired) electrons. The maximum atomic E-state index is 13.2. The number of hydrogen-bond acceptors (Lipinski definition) is 10. The predicted molar refractivity (Wildman–Crippen MR) is 145 cm³/mol. The molecule has 1 atom stereocenters. The molecule has 1 N–H and O–H groups in total. The molecular formula is C26H32N8O3S. The lowest BCUT2D eigenvalue weighted by molar-refractivity contribution is 0.0981. The number of amides is 1. The maximum absolute atomic E-state index is 13.2. The largest absolute Gasteiger partial charge is 0.353 e.